The van der Waals surface area contributed by atoms with E-state index in [1.807, 2.05) is 0 Å². The van der Waals surface area contributed by atoms with Crippen molar-refractivity contribution in [1.29, 1.82) is 0 Å². The normalized spacial score (nSPS) is 12.7. The van der Waals surface area contributed by atoms with E-state index in [1.165, 1.54) is 199 Å². The number of unbranched alkanes of at least 4 members (excludes halogenated alkanes) is 32. The van der Waals surface area contributed by atoms with Crippen LogP contribution in [0.2, 0.25) is 0 Å². The van der Waals surface area contributed by atoms with Crippen molar-refractivity contribution in [3.05, 3.63) is 0 Å². The molecule has 1 atom stereocenters. The van der Waals surface area contributed by atoms with Crippen LogP contribution in [0.15, 0.2) is 0 Å². The molecule has 0 radical (unpaired) electrons. The zero-order valence-electron chi connectivity index (χ0n) is 31.8. The van der Waals surface area contributed by atoms with Crippen LogP contribution in [0.3, 0.4) is 0 Å². The van der Waals surface area contributed by atoms with E-state index in [0.717, 1.165) is 38.5 Å². The maximum Gasteiger partial charge on any atom is 0.165 e. The topological polar surface area (TPSA) is 40.5 Å². The van der Waals surface area contributed by atoms with Crippen molar-refractivity contribution in [3.8, 4) is 0 Å². The van der Waals surface area contributed by atoms with Crippen molar-refractivity contribution in [3.63, 3.8) is 0 Å². The maximum absolute atomic E-state index is 11.1. The van der Waals surface area contributed by atoms with Crippen LogP contribution in [0, 0.1) is 5.92 Å². The summed E-state index contributed by atoms with van der Waals surface area (Å²) in [6.45, 7) is 6.83. The molecule has 0 amide bonds. The summed E-state index contributed by atoms with van der Waals surface area (Å²) in [6, 6.07) is 0. The lowest BCUT2D eigenvalue weighted by Gasteiger charge is -2.32. The first kappa shape index (κ1) is 44.9. The summed E-state index contributed by atoms with van der Waals surface area (Å²) in [4.78, 5) is 0. The van der Waals surface area contributed by atoms with Gasteiger partial charge in [-0.25, -0.2) is 0 Å². The Labute approximate surface area is 286 Å². The third-order valence-electron chi connectivity index (χ3n) is 10.6. The average molecular weight is 637 g/mol. The van der Waals surface area contributed by atoms with E-state index in [9.17, 15) is 10.2 Å². The Morgan fingerprint density at radius 1 is 0.289 bits per heavy atom. The van der Waals surface area contributed by atoms with Gasteiger partial charge in [-0.1, -0.05) is 239 Å². The highest BCUT2D eigenvalue weighted by Crippen LogP contribution is 2.31. The van der Waals surface area contributed by atoms with Gasteiger partial charge in [0.15, 0.2) is 5.79 Å². The molecule has 0 aliphatic heterocycles. The molecule has 272 valence electrons. The van der Waals surface area contributed by atoms with Crippen LogP contribution in [0.25, 0.3) is 0 Å². The molecule has 0 aliphatic rings. The molecule has 0 saturated carbocycles. The largest absolute Gasteiger partial charge is 0.365 e. The highest BCUT2D eigenvalue weighted by atomic mass is 16.5. The van der Waals surface area contributed by atoms with E-state index in [-0.39, 0.29) is 5.92 Å². The lowest BCUT2D eigenvalue weighted by atomic mass is 9.84. The van der Waals surface area contributed by atoms with E-state index in [2.05, 4.69) is 20.8 Å². The highest BCUT2D eigenvalue weighted by Gasteiger charge is 2.32. The Morgan fingerprint density at radius 3 is 0.778 bits per heavy atom. The van der Waals surface area contributed by atoms with Gasteiger partial charge in [0.1, 0.15) is 0 Å². The van der Waals surface area contributed by atoms with Crippen molar-refractivity contribution in [2.24, 2.45) is 5.92 Å². The monoisotopic (exact) mass is 637 g/mol. The van der Waals surface area contributed by atoms with Crippen molar-refractivity contribution in [2.75, 3.05) is 0 Å². The van der Waals surface area contributed by atoms with Gasteiger partial charge in [-0.2, -0.15) is 0 Å². The van der Waals surface area contributed by atoms with Gasteiger partial charge in [-0.05, 0) is 19.3 Å². The first-order chi connectivity index (χ1) is 22.1. The molecule has 0 aliphatic carbocycles. The van der Waals surface area contributed by atoms with E-state index in [1.54, 1.807) is 0 Å². The molecule has 0 saturated heterocycles. The molecule has 0 rings (SSSR count). The fourth-order valence-corrected chi connectivity index (χ4v) is 7.32. The summed E-state index contributed by atoms with van der Waals surface area (Å²) in [6.07, 6.45) is 50.0. The van der Waals surface area contributed by atoms with Gasteiger partial charge < -0.3 is 10.2 Å². The standard InChI is InChI=1S/C43H88O2/c1-4-7-10-12-14-16-18-20-22-24-26-28-30-32-34-37-40-42(39-36-9-6-3)43(44,45)41-38-35-33-31-29-27-25-23-21-19-17-15-13-11-8-5-2/h42,44-45H,4-41H2,1-3H3. The highest BCUT2D eigenvalue weighted by molar-refractivity contribution is 4.76. The summed E-state index contributed by atoms with van der Waals surface area (Å²) in [5.41, 5.74) is 0. The molecule has 0 aromatic carbocycles. The first-order valence-electron chi connectivity index (χ1n) is 21.5. The predicted octanol–water partition coefficient (Wildman–Crippen LogP) is 15.2. The van der Waals surface area contributed by atoms with Crippen LogP contribution in [0.4, 0.5) is 0 Å². The zero-order valence-corrected chi connectivity index (χ0v) is 31.8. The SMILES string of the molecule is CCCCCCCCCCCCCCCCCCC(CCCCC)C(O)(O)CCCCCCCCCCCCCCCCCC. The van der Waals surface area contributed by atoms with Crippen LogP contribution < -0.4 is 0 Å². The third kappa shape index (κ3) is 33.6. The number of rotatable bonds is 39. The van der Waals surface area contributed by atoms with Crippen molar-refractivity contribution >= 4 is 0 Å². The fraction of sp³-hybridized carbons (Fsp3) is 1.00. The minimum atomic E-state index is -1.46. The Kier molecular flexibility index (Phi) is 36.7. The smallest absolute Gasteiger partial charge is 0.165 e. The average Bonchev–Trinajstić information content (AvgIpc) is 3.03. The Morgan fingerprint density at radius 2 is 0.489 bits per heavy atom. The number of hydrogen-bond acceptors (Lipinski definition) is 2. The van der Waals surface area contributed by atoms with Crippen LogP contribution in [-0.4, -0.2) is 16.0 Å². The summed E-state index contributed by atoms with van der Waals surface area (Å²) in [5, 5.41) is 22.1. The molecule has 0 aromatic heterocycles. The molecule has 0 aromatic rings. The Balaban J connectivity index is 3.79. The Hall–Kier alpha value is -0.0800. The molecule has 0 heterocycles. The van der Waals surface area contributed by atoms with Crippen LogP contribution in [0.1, 0.15) is 265 Å². The summed E-state index contributed by atoms with van der Waals surface area (Å²) in [5.74, 6) is -1.40. The van der Waals surface area contributed by atoms with Gasteiger partial charge >= 0.3 is 0 Å². The first-order valence-corrected chi connectivity index (χ1v) is 21.5. The minimum Gasteiger partial charge on any atom is -0.365 e. The quantitative estimate of drug-likeness (QED) is 0.0520. The second-order valence-electron chi connectivity index (χ2n) is 15.2. The lowest BCUT2D eigenvalue weighted by molar-refractivity contribution is -0.209. The number of hydrogen-bond donors (Lipinski definition) is 2. The van der Waals surface area contributed by atoms with E-state index < -0.39 is 5.79 Å². The van der Waals surface area contributed by atoms with E-state index in [4.69, 9.17) is 0 Å². The summed E-state index contributed by atoms with van der Waals surface area (Å²) >= 11 is 0. The minimum absolute atomic E-state index is 0.0621. The molecular weight excluding hydrogens is 548 g/mol. The van der Waals surface area contributed by atoms with Crippen molar-refractivity contribution < 1.29 is 10.2 Å². The number of aliphatic hydroxyl groups is 2. The molecule has 0 bridgehead atoms. The predicted molar refractivity (Wildman–Crippen MR) is 203 cm³/mol. The lowest BCUT2D eigenvalue weighted by Crippen LogP contribution is -2.37. The van der Waals surface area contributed by atoms with Gasteiger partial charge in [-0.15, -0.1) is 0 Å². The summed E-state index contributed by atoms with van der Waals surface area (Å²) < 4.78 is 0. The summed E-state index contributed by atoms with van der Waals surface area (Å²) in [7, 11) is 0. The van der Waals surface area contributed by atoms with Gasteiger partial charge in [0.25, 0.3) is 0 Å². The molecule has 2 heteroatoms. The molecule has 0 spiro atoms. The van der Waals surface area contributed by atoms with Gasteiger partial charge in [0.05, 0.1) is 0 Å². The van der Waals surface area contributed by atoms with Crippen LogP contribution in [0.5, 0.6) is 0 Å². The second-order valence-corrected chi connectivity index (χ2v) is 15.2. The molecule has 0 fully saturated rings. The molecule has 2 nitrogen and oxygen atoms in total. The second kappa shape index (κ2) is 36.8. The van der Waals surface area contributed by atoms with Crippen LogP contribution in [-0.2, 0) is 0 Å². The maximum atomic E-state index is 11.1. The third-order valence-corrected chi connectivity index (χ3v) is 10.6. The van der Waals surface area contributed by atoms with Gasteiger partial charge in [0.2, 0.25) is 0 Å². The molecular formula is C43H88O2. The fourth-order valence-electron chi connectivity index (χ4n) is 7.32. The Bertz CT molecular complexity index is 530. The van der Waals surface area contributed by atoms with Gasteiger partial charge in [0, 0.05) is 12.3 Å². The van der Waals surface area contributed by atoms with Crippen molar-refractivity contribution in [1.82, 2.24) is 0 Å². The molecule has 2 N–H and O–H groups in total. The van der Waals surface area contributed by atoms with E-state index in [0.29, 0.717) is 6.42 Å². The van der Waals surface area contributed by atoms with E-state index >= 15 is 0 Å². The van der Waals surface area contributed by atoms with Crippen LogP contribution >= 0.6 is 0 Å². The molecule has 1 unspecified atom stereocenters. The van der Waals surface area contributed by atoms with Gasteiger partial charge in [-0.3, -0.25) is 0 Å². The van der Waals surface area contributed by atoms with Crippen molar-refractivity contribution in [2.45, 2.75) is 271 Å². The molecule has 45 heavy (non-hydrogen) atoms. The zero-order chi connectivity index (χ0) is 32.9.